The number of nitrogens with one attached hydrogen (secondary N) is 1. The maximum Gasteiger partial charge on any atom is 0.271 e. The number of hydrazone groups is 1. The zero-order valence-electron chi connectivity index (χ0n) is 15.9. The smallest absolute Gasteiger partial charge is 0.271 e. The third kappa shape index (κ3) is 3.45. The van der Waals surface area contributed by atoms with Crippen molar-refractivity contribution in [1.29, 1.82) is 0 Å². The Bertz CT molecular complexity index is 1150. The molecule has 0 unspecified atom stereocenters. The fraction of sp³-hybridized carbons (Fsp3) is 0.0833. The molecule has 0 aliphatic carbocycles. The molecule has 0 aliphatic heterocycles. The summed E-state index contributed by atoms with van der Waals surface area (Å²) in [6.45, 7) is 4.13. The van der Waals surface area contributed by atoms with Crippen LogP contribution in [0, 0.1) is 13.8 Å². The van der Waals surface area contributed by atoms with Crippen LogP contribution in [0.3, 0.4) is 0 Å². The average molecular weight is 367 g/mol. The normalized spacial score (nSPS) is 11.2. The van der Waals surface area contributed by atoms with Gasteiger partial charge in [0.15, 0.2) is 0 Å². The lowest BCUT2D eigenvalue weighted by atomic mass is 10.1. The van der Waals surface area contributed by atoms with E-state index in [2.05, 4.69) is 53.2 Å². The summed E-state index contributed by atoms with van der Waals surface area (Å²) in [5, 5.41) is 6.38. The molecule has 0 bridgehead atoms. The molecule has 0 saturated carbocycles. The number of nitrogens with zero attached hydrogens (tertiary/aromatic N) is 2. The van der Waals surface area contributed by atoms with Crippen molar-refractivity contribution in [2.45, 2.75) is 13.8 Å². The highest BCUT2D eigenvalue weighted by Crippen LogP contribution is 2.18. The lowest BCUT2D eigenvalue weighted by Crippen LogP contribution is -2.17. The van der Waals surface area contributed by atoms with Gasteiger partial charge in [0.2, 0.25) is 0 Å². The van der Waals surface area contributed by atoms with Crippen LogP contribution < -0.4 is 5.43 Å². The van der Waals surface area contributed by atoms with Crippen molar-refractivity contribution in [3.63, 3.8) is 0 Å². The first-order valence-corrected chi connectivity index (χ1v) is 9.20. The predicted octanol–water partition coefficient (Wildman–Crippen LogP) is 5.01. The fourth-order valence-corrected chi connectivity index (χ4v) is 3.43. The Kier molecular flexibility index (Phi) is 4.77. The van der Waals surface area contributed by atoms with Crippen LogP contribution in [0.25, 0.3) is 16.5 Å². The van der Waals surface area contributed by atoms with Crippen molar-refractivity contribution in [2.24, 2.45) is 5.10 Å². The molecule has 1 heterocycles. The molecule has 3 aromatic carbocycles. The Morgan fingerprint density at radius 2 is 1.54 bits per heavy atom. The third-order valence-corrected chi connectivity index (χ3v) is 4.85. The fourth-order valence-electron chi connectivity index (χ4n) is 3.43. The van der Waals surface area contributed by atoms with Crippen LogP contribution in [-0.4, -0.2) is 16.7 Å². The Balaban J connectivity index is 1.49. The van der Waals surface area contributed by atoms with Crippen molar-refractivity contribution in [1.82, 2.24) is 9.99 Å². The summed E-state index contributed by atoms with van der Waals surface area (Å²) in [7, 11) is 0. The minimum atomic E-state index is -0.232. The van der Waals surface area contributed by atoms with Crippen molar-refractivity contribution in [2.75, 3.05) is 0 Å². The molecule has 0 radical (unpaired) electrons. The molecule has 28 heavy (non-hydrogen) atoms. The van der Waals surface area contributed by atoms with Gasteiger partial charge in [0.05, 0.1) is 6.21 Å². The molecule has 138 valence electrons. The molecular formula is C24H21N3O. The molecule has 4 rings (SSSR count). The van der Waals surface area contributed by atoms with Crippen LogP contribution in [0.1, 0.15) is 27.3 Å². The minimum Gasteiger partial charge on any atom is -0.319 e. The van der Waals surface area contributed by atoms with Gasteiger partial charge in [-0.1, -0.05) is 42.5 Å². The van der Waals surface area contributed by atoms with E-state index in [1.54, 1.807) is 6.21 Å². The minimum absolute atomic E-state index is 0.232. The number of aryl methyl sites for hydroxylation is 2. The predicted molar refractivity (Wildman–Crippen MR) is 114 cm³/mol. The summed E-state index contributed by atoms with van der Waals surface area (Å²) in [4.78, 5) is 12.4. The molecular weight excluding hydrogens is 346 g/mol. The first-order valence-electron chi connectivity index (χ1n) is 9.20. The van der Waals surface area contributed by atoms with E-state index in [9.17, 15) is 4.79 Å². The van der Waals surface area contributed by atoms with Crippen molar-refractivity contribution in [3.05, 3.63) is 101 Å². The van der Waals surface area contributed by atoms with E-state index < -0.39 is 0 Å². The van der Waals surface area contributed by atoms with Gasteiger partial charge in [-0.25, -0.2) is 5.43 Å². The van der Waals surface area contributed by atoms with Gasteiger partial charge in [-0.05, 0) is 61.0 Å². The molecule has 4 nitrogen and oxygen atoms in total. The van der Waals surface area contributed by atoms with Crippen molar-refractivity contribution >= 4 is 22.9 Å². The monoisotopic (exact) mass is 367 g/mol. The van der Waals surface area contributed by atoms with E-state index in [1.165, 1.54) is 0 Å². The van der Waals surface area contributed by atoms with Gasteiger partial charge < -0.3 is 4.57 Å². The summed E-state index contributed by atoms with van der Waals surface area (Å²) < 4.78 is 2.15. The van der Waals surface area contributed by atoms with Crippen LogP contribution in [0.5, 0.6) is 0 Å². The van der Waals surface area contributed by atoms with E-state index in [0.717, 1.165) is 33.4 Å². The van der Waals surface area contributed by atoms with Crippen LogP contribution >= 0.6 is 0 Å². The maximum atomic E-state index is 12.4. The van der Waals surface area contributed by atoms with E-state index in [1.807, 2.05) is 54.6 Å². The number of carbonyl (C=O) groups excluding carboxylic acids is 1. The second kappa shape index (κ2) is 7.53. The number of carbonyl (C=O) groups is 1. The molecule has 0 fully saturated rings. The number of rotatable bonds is 4. The number of aromatic nitrogens is 1. The third-order valence-electron chi connectivity index (χ3n) is 4.85. The average Bonchev–Trinajstić information content (AvgIpc) is 3.06. The molecule has 4 aromatic rings. The van der Waals surface area contributed by atoms with E-state index in [0.29, 0.717) is 5.56 Å². The second-order valence-corrected chi connectivity index (χ2v) is 6.77. The van der Waals surface area contributed by atoms with Gasteiger partial charge in [-0.2, -0.15) is 5.10 Å². The van der Waals surface area contributed by atoms with Gasteiger partial charge >= 0.3 is 0 Å². The van der Waals surface area contributed by atoms with Gasteiger partial charge in [0.1, 0.15) is 0 Å². The first kappa shape index (κ1) is 17.7. The summed E-state index contributed by atoms with van der Waals surface area (Å²) in [6, 6.07) is 25.8. The van der Waals surface area contributed by atoms with Crippen molar-refractivity contribution in [3.8, 4) is 5.69 Å². The number of benzene rings is 3. The topological polar surface area (TPSA) is 46.4 Å². The Morgan fingerprint density at radius 3 is 2.29 bits per heavy atom. The van der Waals surface area contributed by atoms with Crippen LogP contribution in [0.15, 0.2) is 84.0 Å². The number of amides is 1. The highest BCUT2D eigenvalue weighted by molar-refractivity contribution is 6.00. The van der Waals surface area contributed by atoms with Crippen LogP contribution in [0.2, 0.25) is 0 Å². The van der Waals surface area contributed by atoms with Gasteiger partial charge in [-0.15, -0.1) is 0 Å². The lowest BCUT2D eigenvalue weighted by molar-refractivity contribution is 0.0955. The van der Waals surface area contributed by atoms with Crippen molar-refractivity contribution < 1.29 is 4.79 Å². The summed E-state index contributed by atoms with van der Waals surface area (Å²) in [6.07, 6.45) is 1.68. The molecule has 4 heteroatoms. The van der Waals surface area contributed by atoms with E-state index in [-0.39, 0.29) is 5.91 Å². The van der Waals surface area contributed by atoms with Crippen LogP contribution in [-0.2, 0) is 0 Å². The molecule has 1 aromatic heterocycles. The summed E-state index contributed by atoms with van der Waals surface area (Å²) in [5.41, 5.74) is 7.51. The van der Waals surface area contributed by atoms with Crippen LogP contribution in [0.4, 0.5) is 0 Å². The first-order chi connectivity index (χ1) is 13.6. The summed E-state index contributed by atoms with van der Waals surface area (Å²) >= 11 is 0. The maximum absolute atomic E-state index is 12.4. The molecule has 0 atom stereocenters. The van der Waals surface area contributed by atoms with Gasteiger partial charge in [0.25, 0.3) is 5.91 Å². The number of fused-ring (bicyclic) bond motifs is 1. The second-order valence-electron chi connectivity index (χ2n) is 6.77. The largest absolute Gasteiger partial charge is 0.319 e. The van der Waals surface area contributed by atoms with E-state index >= 15 is 0 Å². The SMILES string of the molecule is Cc1ccc(C)n1-c1ccc(C(=O)N/N=C\c2cccc3ccccc23)cc1. The quantitative estimate of drug-likeness (QED) is 0.400. The highest BCUT2D eigenvalue weighted by atomic mass is 16.2. The summed E-state index contributed by atoms with van der Waals surface area (Å²) in [5.74, 6) is -0.232. The standard InChI is InChI=1S/C24H21N3O/c1-17-10-11-18(2)27(17)22-14-12-20(13-15-22)24(28)26-25-16-21-8-5-7-19-6-3-4-9-23(19)21/h3-16H,1-2H3,(H,26,28)/b25-16-. The Hall–Kier alpha value is -3.66. The Morgan fingerprint density at radius 1 is 0.857 bits per heavy atom. The van der Waals surface area contributed by atoms with E-state index in [4.69, 9.17) is 0 Å². The molecule has 1 N–H and O–H groups in total. The molecule has 0 saturated heterocycles. The van der Waals surface area contributed by atoms with Gasteiger partial charge in [-0.3, -0.25) is 4.79 Å². The molecule has 1 amide bonds. The molecule has 0 spiro atoms. The molecule has 0 aliphatic rings. The highest BCUT2D eigenvalue weighted by Gasteiger charge is 2.07. The zero-order chi connectivity index (χ0) is 19.5. The Labute approximate surface area is 164 Å². The van der Waals surface area contributed by atoms with Gasteiger partial charge in [0, 0.05) is 28.2 Å². The number of hydrogen-bond acceptors (Lipinski definition) is 2. The number of hydrogen-bond donors (Lipinski definition) is 1. The lowest BCUT2D eigenvalue weighted by Gasteiger charge is -2.10. The zero-order valence-corrected chi connectivity index (χ0v) is 15.9.